The number of hydrogen-bond donors (Lipinski definition) is 0. The van der Waals surface area contributed by atoms with E-state index in [9.17, 15) is 22.5 Å². The molecule has 0 radical (unpaired) electrons. The van der Waals surface area contributed by atoms with Crippen molar-refractivity contribution in [3.63, 3.8) is 0 Å². The van der Waals surface area contributed by atoms with Crippen LogP contribution in [-0.4, -0.2) is 25.3 Å². The van der Waals surface area contributed by atoms with E-state index in [4.69, 9.17) is 6.42 Å². The summed E-state index contributed by atoms with van der Waals surface area (Å²) in [7, 11) is 0. The summed E-state index contributed by atoms with van der Waals surface area (Å²) in [5, 5.41) is -0.436. The van der Waals surface area contributed by atoms with Crippen LogP contribution < -0.4 is 5.56 Å². The third-order valence-electron chi connectivity index (χ3n) is 3.98. The second-order valence-electron chi connectivity index (χ2n) is 6.10. The number of aromatic nitrogens is 3. The highest BCUT2D eigenvalue weighted by Crippen LogP contribution is 2.30. The van der Waals surface area contributed by atoms with E-state index in [1.54, 1.807) is 24.3 Å². The first-order valence-corrected chi connectivity index (χ1v) is 9.79. The van der Waals surface area contributed by atoms with Gasteiger partial charge in [-0.25, -0.2) is 0 Å². The van der Waals surface area contributed by atoms with E-state index in [1.165, 1.54) is 29.2 Å². The zero-order valence-corrected chi connectivity index (χ0v) is 15.9. The molecule has 1 atom stereocenters. The molecular weight excluding hydrogens is 403 g/mol. The number of halogens is 3. The molecule has 5 nitrogen and oxygen atoms in total. The second kappa shape index (κ2) is 8.11. The van der Waals surface area contributed by atoms with E-state index in [2.05, 4.69) is 15.9 Å². The van der Waals surface area contributed by atoms with E-state index in [0.29, 0.717) is 5.56 Å². The van der Waals surface area contributed by atoms with Gasteiger partial charge in [0, 0.05) is 34.6 Å². The summed E-state index contributed by atoms with van der Waals surface area (Å²) in [6.45, 7) is 0.173. The van der Waals surface area contributed by atoms with Crippen LogP contribution in [0.4, 0.5) is 13.2 Å². The zero-order chi connectivity index (χ0) is 21.2. The summed E-state index contributed by atoms with van der Waals surface area (Å²) in [4.78, 5) is 19.5. The molecule has 0 saturated heterocycles. The molecule has 148 valence electrons. The Hall–Kier alpha value is -3.09. The van der Waals surface area contributed by atoms with Gasteiger partial charge in [-0.15, -0.1) is 6.42 Å². The van der Waals surface area contributed by atoms with Gasteiger partial charge in [-0.1, -0.05) is 18.1 Å². The first kappa shape index (κ1) is 20.6. The summed E-state index contributed by atoms with van der Waals surface area (Å²) in [6, 6.07) is 10.4. The van der Waals surface area contributed by atoms with Crippen LogP contribution in [0.3, 0.4) is 0 Å². The lowest BCUT2D eigenvalue weighted by molar-refractivity contribution is -0.141. The molecule has 3 rings (SSSR count). The Kier molecular flexibility index (Phi) is 5.77. The van der Waals surface area contributed by atoms with Gasteiger partial charge in [-0.3, -0.25) is 4.79 Å². The van der Waals surface area contributed by atoms with Gasteiger partial charge in [-0.05, 0) is 29.8 Å². The first-order valence-electron chi connectivity index (χ1n) is 8.23. The van der Waals surface area contributed by atoms with Crippen LogP contribution in [0, 0.1) is 12.3 Å². The maximum absolute atomic E-state index is 13.2. The van der Waals surface area contributed by atoms with Crippen LogP contribution in [0.1, 0.15) is 16.8 Å². The number of pyridine rings is 1. The number of hydrogen-bond acceptors (Lipinski definition) is 4. The highest BCUT2D eigenvalue weighted by Gasteiger charge is 2.35. The van der Waals surface area contributed by atoms with Crippen molar-refractivity contribution in [3.05, 3.63) is 75.8 Å². The normalized spacial score (nSPS) is 12.4. The van der Waals surface area contributed by atoms with Crippen molar-refractivity contribution in [3.8, 4) is 23.6 Å². The molecule has 1 aromatic carbocycles. The first-order chi connectivity index (χ1) is 13.7. The van der Waals surface area contributed by atoms with Crippen LogP contribution in [0.2, 0.25) is 0 Å². The predicted molar refractivity (Wildman–Crippen MR) is 103 cm³/mol. The van der Waals surface area contributed by atoms with E-state index >= 15 is 0 Å². The average molecular weight is 417 g/mol. The van der Waals surface area contributed by atoms with Gasteiger partial charge >= 0.3 is 11.3 Å². The number of benzene rings is 1. The smallest absolute Gasteiger partial charge is 0.433 e. The van der Waals surface area contributed by atoms with Crippen LogP contribution in [-0.2, 0) is 23.9 Å². The molecule has 0 bridgehead atoms. The Labute approximate surface area is 167 Å². The number of alkyl halides is 3. The van der Waals surface area contributed by atoms with Gasteiger partial charge in [0.05, 0.1) is 12.2 Å². The molecule has 0 saturated carbocycles. The fraction of sp³-hybridized carbons (Fsp3) is 0.150. The fourth-order valence-corrected chi connectivity index (χ4v) is 3.06. The summed E-state index contributed by atoms with van der Waals surface area (Å²) < 4.78 is 52.5. The Morgan fingerprint density at radius 3 is 2.62 bits per heavy atom. The molecule has 0 amide bonds. The lowest BCUT2D eigenvalue weighted by Gasteiger charge is -2.12. The predicted octanol–water partition coefficient (Wildman–Crippen LogP) is 3.09. The van der Waals surface area contributed by atoms with Crippen molar-refractivity contribution in [1.82, 2.24) is 14.5 Å². The minimum atomic E-state index is -4.73. The largest absolute Gasteiger partial charge is 0.609 e. The molecule has 29 heavy (non-hydrogen) atoms. The number of rotatable bonds is 4. The SMILES string of the molecule is C#Cc1cccc(Cn2cc(-c3cc(C(F)(F)F)nc([S+](C)[O-])n3)ccc2=O)c1. The third kappa shape index (κ3) is 4.85. The molecule has 0 N–H and O–H groups in total. The minimum Gasteiger partial charge on any atom is -0.609 e. The molecule has 2 aromatic heterocycles. The number of nitrogens with zero attached hydrogens (tertiary/aromatic N) is 3. The van der Waals surface area contributed by atoms with E-state index in [-0.39, 0.29) is 23.4 Å². The van der Waals surface area contributed by atoms with Gasteiger partial charge in [0.2, 0.25) is 0 Å². The maximum Gasteiger partial charge on any atom is 0.433 e. The van der Waals surface area contributed by atoms with Crippen molar-refractivity contribution in [2.24, 2.45) is 0 Å². The Morgan fingerprint density at radius 2 is 1.97 bits per heavy atom. The molecule has 0 aliphatic carbocycles. The quantitative estimate of drug-likeness (QED) is 0.372. The maximum atomic E-state index is 13.2. The highest BCUT2D eigenvalue weighted by molar-refractivity contribution is 7.90. The summed E-state index contributed by atoms with van der Waals surface area (Å²) in [6.07, 6.45) is 3.25. The van der Waals surface area contributed by atoms with Crippen molar-refractivity contribution >= 4 is 11.2 Å². The Balaban J connectivity index is 2.06. The van der Waals surface area contributed by atoms with Gasteiger partial charge in [0.25, 0.3) is 5.56 Å². The minimum absolute atomic E-state index is 0.0800. The third-order valence-corrected chi connectivity index (χ3v) is 4.68. The molecule has 1 unspecified atom stereocenters. The van der Waals surface area contributed by atoms with E-state index in [0.717, 1.165) is 11.6 Å². The molecule has 0 fully saturated rings. The molecule has 0 spiro atoms. The lowest BCUT2D eigenvalue weighted by atomic mass is 10.1. The van der Waals surface area contributed by atoms with Gasteiger partial charge in [0.15, 0.2) is 5.69 Å². The monoisotopic (exact) mass is 417 g/mol. The van der Waals surface area contributed by atoms with Crippen molar-refractivity contribution in [1.29, 1.82) is 0 Å². The van der Waals surface area contributed by atoms with E-state index < -0.39 is 28.2 Å². The van der Waals surface area contributed by atoms with Crippen LogP contribution in [0.5, 0.6) is 0 Å². The van der Waals surface area contributed by atoms with Gasteiger partial charge < -0.3 is 9.12 Å². The molecular formula is C20H14F3N3O2S. The van der Waals surface area contributed by atoms with Gasteiger partial charge in [0.1, 0.15) is 6.26 Å². The zero-order valence-electron chi connectivity index (χ0n) is 15.1. The summed E-state index contributed by atoms with van der Waals surface area (Å²) in [5.41, 5.74) is 0.0403. The highest BCUT2D eigenvalue weighted by atomic mass is 32.2. The topological polar surface area (TPSA) is 70.8 Å². The van der Waals surface area contributed by atoms with Crippen molar-refractivity contribution in [2.45, 2.75) is 17.9 Å². The Bertz CT molecular complexity index is 1150. The summed E-state index contributed by atoms with van der Waals surface area (Å²) in [5.74, 6) is 2.50. The van der Waals surface area contributed by atoms with Crippen molar-refractivity contribution < 1.29 is 17.7 Å². The standard InChI is InChI=1S/C20H14F3N3O2S/c1-3-13-5-4-6-14(9-13)11-26-12-15(7-8-18(26)27)16-10-17(20(21,22)23)25-19(24-16)29(2)28/h1,4-10,12H,11H2,2H3. The molecule has 0 aliphatic rings. The number of terminal acetylenes is 1. The average Bonchev–Trinajstić information content (AvgIpc) is 2.68. The van der Waals surface area contributed by atoms with Crippen LogP contribution in [0.15, 0.2) is 58.6 Å². The second-order valence-corrected chi connectivity index (χ2v) is 7.37. The van der Waals surface area contributed by atoms with Crippen molar-refractivity contribution in [2.75, 3.05) is 6.26 Å². The summed E-state index contributed by atoms with van der Waals surface area (Å²) >= 11 is -1.81. The van der Waals surface area contributed by atoms with E-state index in [1.807, 2.05) is 0 Å². The molecule has 0 aliphatic heterocycles. The molecule has 2 heterocycles. The molecule has 9 heteroatoms. The van der Waals surface area contributed by atoms with Gasteiger partial charge in [-0.2, -0.15) is 23.1 Å². The van der Waals surface area contributed by atoms with Crippen LogP contribution in [0.25, 0.3) is 11.3 Å². The molecule has 3 aromatic rings. The Morgan fingerprint density at radius 1 is 1.21 bits per heavy atom. The van der Waals surface area contributed by atoms with Crippen LogP contribution >= 0.6 is 0 Å². The fourth-order valence-electron chi connectivity index (χ4n) is 2.61. The lowest BCUT2D eigenvalue weighted by Crippen LogP contribution is -2.19.